The maximum absolute atomic E-state index is 5.63. The summed E-state index contributed by atoms with van der Waals surface area (Å²) in [5.41, 5.74) is 0. The SMILES string of the molecule is CCCCCCCCC(CCCOCC1CO1)C(OOC)(OOC)OOC. The summed E-state index contributed by atoms with van der Waals surface area (Å²) in [4.78, 5) is 30.5. The van der Waals surface area contributed by atoms with E-state index < -0.39 is 5.97 Å². The van der Waals surface area contributed by atoms with Crippen LogP contribution in [0.4, 0.5) is 0 Å². The predicted molar refractivity (Wildman–Crippen MR) is 98.3 cm³/mol. The summed E-state index contributed by atoms with van der Waals surface area (Å²) in [5.74, 6) is -1.73. The molecule has 1 rings (SSSR count). The van der Waals surface area contributed by atoms with Gasteiger partial charge in [-0.25, -0.2) is 14.7 Å². The molecule has 1 aliphatic rings. The summed E-state index contributed by atoms with van der Waals surface area (Å²) in [6.07, 6.45) is 9.85. The van der Waals surface area contributed by atoms with E-state index in [-0.39, 0.29) is 12.0 Å². The van der Waals surface area contributed by atoms with Crippen LogP contribution in [0.1, 0.15) is 64.7 Å². The van der Waals surface area contributed by atoms with Gasteiger partial charge >= 0.3 is 5.97 Å². The number of hydrogen-bond donors (Lipinski definition) is 0. The highest BCUT2D eigenvalue weighted by Crippen LogP contribution is 2.34. The van der Waals surface area contributed by atoms with Crippen molar-refractivity contribution in [1.29, 1.82) is 0 Å². The van der Waals surface area contributed by atoms with Crippen LogP contribution in [0.3, 0.4) is 0 Å². The number of epoxide rings is 1. The molecule has 162 valence electrons. The van der Waals surface area contributed by atoms with Crippen LogP contribution in [-0.4, -0.2) is 53.2 Å². The average Bonchev–Trinajstić information content (AvgIpc) is 3.47. The Bertz CT molecular complexity index is 321. The van der Waals surface area contributed by atoms with E-state index in [1.165, 1.54) is 47.0 Å². The fourth-order valence-electron chi connectivity index (χ4n) is 3.07. The van der Waals surface area contributed by atoms with Crippen LogP contribution in [0, 0.1) is 5.92 Å². The first kappa shape index (κ1) is 24.7. The molecule has 0 saturated carbocycles. The zero-order valence-corrected chi connectivity index (χ0v) is 17.4. The Hall–Kier alpha value is -0.320. The minimum absolute atomic E-state index is 0.149. The summed E-state index contributed by atoms with van der Waals surface area (Å²) < 4.78 is 10.8. The van der Waals surface area contributed by atoms with Gasteiger partial charge in [-0.15, -0.1) is 0 Å². The minimum atomic E-state index is -1.58. The molecular formula is C19H38O8. The van der Waals surface area contributed by atoms with Gasteiger partial charge in [0.05, 0.1) is 34.5 Å². The van der Waals surface area contributed by atoms with Gasteiger partial charge in [0.1, 0.15) is 6.10 Å². The molecule has 0 aliphatic carbocycles. The first-order valence-corrected chi connectivity index (χ1v) is 10.1. The van der Waals surface area contributed by atoms with Gasteiger partial charge in [-0.2, -0.15) is 14.7 Å². The second-order valence-electron chi connectivity index (χ2n) is 6.78. The van der Waals surface area contributed by atoms with Gasteiger partial charge < -0.3 is 9.47 Å². The summed E-state index contributed by atoms with van der Waals surface area (Å²) in [6, 6.07) is 0. The van der Waals surface area contributed by atoms with Gasteiger partial charge in [-0.3, -0.25) is 0 Å². The van der Waals surface area contributed by atoms with Crippen LogP contribution in [0.5, 0.6) is 0 Å². The Labute approximate surface area is 163 Å². The van der Waals surface area contributed by atoms with Crippen LogP contribution in [0.2, 0.25) is 0 Å². The second kappa shape index (κ2) is 15.6. The topological polar surface area (TPSA) is 77.1 Å². The first-order valence-electron chi connectivity index (χ1n) is 10.1. The molecule has 0 spiro atoms. The third kappa shape index (κ3) is 10.7. The molecule has 1 fully saturated rings. The largest absolute Gasteiger partial charge is 0.379 e. The Morgan fingerprint density at radius 2 is 1.41 bits per heavy atom. The van der Waals surface area contributed by atoms with Crippen molar-refractivity contribution in [2.24, 2.45) is 5.92 Å². The van der Waals surface area contributed by atoms with Crippen molar-refractivity contribution in [1.82, 2.24) is 0 Å². The van der Waals surface area contributed by atoms with Crippen LogP contribution in [0.15, 0.2) is 0 Å². The van der Waals surface area contributed by atoms with Crippen LogP contribution in [0.25, 0.3) is 0 Å². The van der Waals surface area contributed by atoms with E-state index in [1.807, 2.05) is 0 Å². The van der Waals surface area contributed by atoms with E-state index in [1.54, 1.807) is 0 Å². The van der Waals surface area contributed by atoms with E-state index in [0.717, 1.165) is 38.7 Å². The van der Waals surface area contributed by atoms with Crippen molar-refractivity contribution in [3.05, 3.63) is 0 Å². The van der Waals surface area contributed by atoms with Gasteiger partial charge in [0.2, 0.25) is 0 Å². The summed E-state index contributed by atoms with van der Waals surface area (Å²) in [7, 11) is 4.19. The molecule has 8 nitrogen and oxygen atoms in total. The molecule has 0 aromatic rings. The number of unbranched alkanes of at least 4 members (excludes halogenated alkanes) is 5. The molecule has 27 heavy (non-hydrogen) atoms. The van der Waals surface area contributed by atoms with E-state index in [0.29, 0.717) is 13.2 Å². The summed E-state index contributed by atoms with van der Waals surface area (Å²) in [6.45, 7) is 4.30. The van der Waals surface area contributed by atoms with E-state index in [9.17, 15) is 0 Å². The van der Waals surface area contributed by atoms with E-state index in [4.69, 9.17) is 38.8 Å². The third-order valence-corrected chi connectivity index (χ3v) is 4.55. The van der Waals surface area contributed by atoms with Crippen molar-refractivity contribution in [2.45, 2.75) is 76.8 Å². The smallest absolute Gasteiger partial charge is 0.368 e. The van der Waals surface area contributed by atoms with Gasteiger partial charge in [-0.1, -0.05) is 45.4 Å². The Balaban J connectivity index is 2.53. The van der Waals surface area contributed by atoms with Crippen molar-refractivity contribution < 1.29 is 38.8 Å². The monoisotopic (exact) mass is 394 g/mol. The van der Waals surface area contributed by atoms with Crippen LogP contribution >= 0.6 is 0 Å². The number of ether oxygens (including phenoxy) is 2. The van der Waals surface area contributed by atoms with Gasteiger partial charge in [0.25, 0.3) is 0 Å². The molecule has 0 bridgehead atoms. The minimum Gasteiger partial charge on any atom is -0.379 e. The second-order valence-corrected chi connectivity index (χ2v) is 6.78. The average molecular weight is 395 g/mol. The van der Waals surface area contributed by atoms with Gasteiger partial charge in [0.15, 0.2) is 0 Å². The lowest BCUT2D eigenvalue weighted by atomic mass is 9.93. The molecule has 2 unspecified atom stereocenters. The van der Waals surface area contributed by atoms with Crippen molar-refractivity contribution in [2.75, 3.05) is 41.2 Å². The first-order chi connectivity index (χ1) is 13.2. The highest BCUT2D eigenvalue weighted by molar-refractivity contribution is 4.71. The van der Waals surface area contributed by atoms with Gasteiger partial charge in [0, 0.05) is 12.5 Å². The number of hydrogen-bond acceptors (Lipinski definition) is 8. The van der Waals surface area contributed by atoms with Crippen LogP contribution < -0.4 is 0 Å². The fraction of sp³-hybridized carbons (Fsp3) is 1.00. The Kier molecular flexibility index (Phi) is 14.3. The van der Waals surface area contributed by atoms with Crippen molar-refractivity contribution in [3.8, 4) is 0 Å². The molecule has 2 atom stereocenters. The maximum Gasteiger partial charge on any atom is 0.368 e. The molecule has 0 radical (unpaired) electrons. The highest BCUT2D eigenvalue weighted by atomic mass is 17.4. The molecule has 0 aromatic carbocycles. The summed E-state index contributed by atoms with van der Waals surface area (Å²) >= 11 is 0. The zero-order valence-electron chi connectivity index (χ0n) is 17.4. The van der Waals surface area contributed by atoms with Crippen molar-refractivity contribution in [3.63, 3.8) is 0 Å². The Morgan fingerprint density at radius 1 is 0.852 bits per heavy atom. The fourth-order valence-corrected chi connectivity index (χ4v) is 3.07. The third-order valence-electron chi connectivity index (χ3n) is 4.55. The van der Waals surface area contributed by atoms with E-state index in [2.05, 4.69) is 6.92 Å². The molecule has 0 N–H and O–H groups in total. The summed E-state index contributed by atoms with van der Waals surface area (Å²) in [5, 5.41) is 0. The molecule has 1 heterocycles. The maximum atomic E-state index is 5.63. The molecule has 8 heteroatoms. The molecule has 0 amide bonds. The lowest BCUT2D eigenvalue weighted by Gasteiger charge is -2.34. The van der Waals surface area contributed by atoms with Crippen LogP contribution in [-0.2, 0) is 38.8 Å². The normalized spacial score (nSPS) is 18.0. The standard InChI is InChI=1S/C19H38O8/c1-5-6-7-8-9-10-12-17(13-11-14-23-15-18-16-24-18)19(25-20-2,26-21-3)27-22-4/h17-18H,5-16H2,1-4H3. The van der Waals surface area contributed by atoms with E-state index >= 15 is 0 Å². The van der Waals surface area contributed by atoms with Crippen molar-refractivity contribution >= 4 is 0 Å². The molecular weight excluding hydrogens is 356 g/mol. The molecule has 1 saturated heterocycles. The zero-order chi connectivity index (χ0) is 19.8. The lowest BCUT2D eigenvalue weighted by molar-refractivity contribution is -0.635. The lowest BCUT2D eigenvalue weighted by Crippen LogP contribution is -2.46. The molecule has 0 aromatic heterocycles. The number of rotatable bonds is 20. The predicted octanol–water partition coefficient (Wildman–Crippen LogP) is 3.94. The quantitative estimate of drug-likeness (QED) is 0.101. The van der Waals surface area contributed by atoms with Gasteiger partial charge in [-0.05, 0) is 19.3 Å². The Morgan fingerprint density at radius 3 is 1.96 bits per heavy atom. The molecule has 1 aliphatic heterocycles. The highest BCUT2D eigenvalue weighted by Gasteiger charge is 2.46.